The van der Waals surface area contributed by atoms with E-state index < -0.39 is 6.10 Å². The fourth-order valence-corrected chi connectivity index (χ4v) is 3.55. The number of hydrogen-bond donors (Lipinski definition) is 1. The highest BCUT2D eigenvalue weighted by Gasteiger charge is 2.21. The van der Waals surface area contributed by atoms with Crippen molar-refractivity contribution in [2.24, 2.45) is 0 Å². The zero-order valence-corrected chi connectivity index (χ0v) is 16.6. The Balaban J connectivity index is 1.56. The van der Waals surface area contributed by atoms with Crippen LogP contribution >= 0.6 is 11.6 Å². The molecule has 1 fully saturated rings. The van der Waals surface area contributed by atoms with Gasteiger partial charge in [-0.2, -0.15) is 0 Å². The summed E-state index contributed by atoms with van der Waals surface area (Å²) >= 11 is 5.89. The number of rotatable bonds is 9. The number of hydrogen-bond acceptors (Lipinski definition) is 4. The first-order valence-corrected chi connectivity index (χ1v) is 9.92. The number of benzene rings is 2. The number of aliphatic hydroxyl groups excluding tert-OH is 1. The topological polar surface area (TPSA) is 41.9 Å². The van der Waals surface area contributed by atoms with E-state index in [1.807, 2.05) is 12.1 Å². The summed E-state index contributed by atoms with van der Waals surface area (Å²) in [5.74, 6) is 0.711. The Kier molecular flexibility index (Phi) is 7.53. The second-order valence-corrected chi connectivity index (χ2v) is 7.67. The molecule has 146 valence electrons. The number of nitrogens with zero attached hydrogens (tertiary/aromatic N) is 1. The number of ether oxygens (including phenoxy) is 2. The van der Waals surface area contributed by atoms with Crippen LogP contribution in [0.4, 0.5) is 0 Å². The number of aliphatic hydroxyl groups is 1. The molecule has 1 N–H and O–H groups in total. The van der Waals surface area contributed by atoms with Crippen LogP contribution in [0.1, 0.15) is 24.0 Å². The summed E-state index contributed by atoms with van der Waals surface area (Å²) in [4.78, 5) is 2.26. The molecule has 2 atom stereocenters. The largest absolute Gasteiger partial charge is 0.491 e. The Bertz CT molecular complexity index is 701. The molecule has 1 aliphatic rings. The van der Waals surface area contributed by atoms with Gasteiger partial charge in [-0.3, -0.25) is 4.90 Å². The van der Waals surface area contributed by atoms with Crippen LogP contribution in [0.5, 0.6) is 5.75 Å². The molecule has 0 amide bonds. The molecule has 3 rings (SSSR count). The van der Waals surface area contributed by atoms with Crippen LogP contribution in [-0.4, -0.2) is 48.5 Å². The first-order chi connectivity index (χ1) is 13.1. The summed E-state index contributed by atoms with van der Waals surface area (Å²) in [5, 5.41) is 11.2. The van der Waals surface area contributed by atoms with Crippen molar-refractivity contribution in [2.45, 2.75) is 38.5 Å². The fourth-order valence-electron chi connectivity index (χ4n) is 3.42. The molecule has 1 aliphatic heterocycles. The SMILES string of the molecule is Cc1cccc(CN(C[C@H](O)COc2ccc(Cl)cc2)C[C@H]2CCCO2)c1. The Morgan fingerprint density at radius 2 is 2.07 bits per heavy atom. The predicted molar refractivity (Wildman–Crippen MR) is 108 cm³/mol. The van der Waals surface area contributed by atoms with E-state index in [1.54, 1.807) is 12.1 Å². The maximum atomic E-state index is 10.5. The summed E-state index contributed by atoms with van der Waals surface area (Å²) < 4.78 is 11.5. The lowest BCUT2D eigenvalue weighted by molar-refractivity contribution is 0.0313. The van der Waals surface area contributed by atoms with Gasteiger partial charge in [-0.1, -0.05) is 41.4 Å². The van der Waals surface area contributed by atoms with E-state index in [0.717, 1.165) is 32.5 Å². The molecule has 0 bridgehead atoms. The number of halogens is 1. The van der Waals surface area contributed by atoms with E-state index in [4.69, 9.17) is 21.1 Å². The van der Waals surface area contributed by atoms with Crippen LogP contribution in [0.3, 0.4) is 0 Å². The lowest BCUT2D eigenvalue weighted by Gasteiger charge is -2.27. The van der Waals surface area contributed by atoms with Gasteiger partial charge >= 0.3 is 0 Å². The van der Waals surface area contributed by atoms with Crippen molar-refractivity contribution in [3.05, 3.63) is 64.7 Å². The van der Waals surface area contributed by atoms with E-state index in [9.17, 15) is 5.11 Å². The van der Waals surface area contributed by atoms with Crippen LogP contribution in [0.15, 0.2) is 48.5 Å². The van der Waals surface area contributed by atoms with Gasteiger partial charge in [0.15, 0.2) is 0 Å². The highest BCUT2D eigenvalue weighted by atomic mass is 35.5. The molecule has 0 aromatic heterocycles. The lowest BCUT2D eigenvalue weighted by Crippen LogP contribution is -2.39. The smallest absolute Gasteiger partial charge is 0.119 e. The van der Waals surface area contributed by atoms with Crippen molar-refractivity contribution in [2.75, 3.05) is 26.3 Å². The van der Waals surface area contributed by atoms with E-state index in [1.165, 1.54) is 11.1 Å². The predicted octanol–water partition coefficient (Wildman–Crippen LogP) is 4.07. The zero-order chi connectivity index (χ0) is 19.1. The van der Waals surface area contributed by atoms with E-state index in [2.05, 4.69) is 36.1 Å². The Hall–Kier alpha value is -1.59. The highest BCUT2D eigenvalue weighted by Crippen LogP contribution is 2.18. The van der Waals surface area contributed by atoms with Gasteiger partial charge in [0, 0.05) is 31.3 Å². The van der Waals surface area contributed by atoms with Gasteiger partial charge < -0.3 is 14.6 Å². The molecule has 0 radical (unpaired) electrons. The summed E-state index contributed by atoms with van der Waals surface area (Å²) in [6.45, 7) is 5.35. The Morgan fingerprint density at radius 1 is 1.26 bits per heavy atom. The minimum Gasteiger partial charge on any atom is -0.491 e. The van der Waals surface area contributed by atoms with Crippen molar-refractivity contribution in [3.63, 3.8) is 0 Å². The van der Waals surface area contributed by atoms with Gasteiger partial charge in [0.2, 0.25) is 0 Å². The van der Waals surface area contributed by atoms with Gasteiger partial charge in [-0.05, 0) is 49.6 Å². The molecule has 0 saturated carbocycles. The molecule has 2 aromatic carbocycles. The minimum absolute atomic E-state index is 0.247. The third-order valence-corrected chi connectivity index (χ3v) is 4.95. The molecule has 2 aromatic rings. The minimum atomic E-state index is -0.577. The molecule has 27 heavy (non-hydrogen) atoms. The van der Waals surface area contributed by atoms with Crippen molar-refractivity contribution in [3.8, 4) is 5.75 Å². The molecule has 4 nitrogen and oxygen atoms in total. The summed E-state index contributed by atoms with van der Waals surface area (Å²) in [6.07, 6.45) is 1.87. The van der Waals surface area contributed by atoms with Crippen molar-refractivity contribution in [1.82, 2.24) is 4.90 Å². The van der Waals surface area contributed by atoms with Gasteiger partial charge in [-0.25, -0.2) is 0 Å². The van der Waals surface area contributed by atoms with Crippen LogP contribution in [0.2, 0.25) is 5.02 Å². The average Bonchev–Trinajstić information content (AvgIpc) is 3.14. The quantitative estimate of drug-likeness (QED) is 0.702. The van der Waals surface area contributed by atoms with E-state index >= 15 is 0 Å². The van der Waals surface area contributed by atoms with Crippen molar-refractivity contribution in [1.29, 1.82) is 0 Å². The fraction of sp³-hybridized carbons (Fsp3) is 0.455. The monoisotopic (exact) mass is 389 g/mol. The van der Waals surface area contributed by atoms with Gasteiger partial charge in [0.1, 0.15) is 18.5 Å². The Morgan fingerprint density at radius 3 is 2.78 bits per heavy atom. The zero-order valence-electron chi connectivity index (χ0n) is 15.8. The molecular formula is C22H28ClNO3. The third-order valence-electron chi connectivity index (χ3n) is 4.70. The molecule has 5 heteroatoms. The van der Waals surface area contributed by atoms with Crippen LogP contribution in [0, 0.1) is 6.92 Å². The first kappa shape index (κ1) is 20.2. The van der Waals surface area contributed by atoms with E-state index in [0.29, 0.717) is 17.3 Å². The van der Waals surface area contributed by atoms with Crippen LogP contribution < -0.4 is 4.74 Å². The normalized spacial score (nSPS) is 18.0. The average molecular weight is 390 g/mol. The van der Waals surface area contributed by atoms with E-state index in [-0.39, 0.29) is 12.7 Å². The van der Waals surface area contributed by atoms with Gasteiger partial charge in [0.25, 0.3) is 0 Å². The number of aryl methyl sites for hydroxylation is 1. The molecule has 0 spiro atoms. The van der Waals surface area contributed by atoms with Gasteiger partial charge in [0.05, 0.1) is 6.10 Å². The summed E-state index contributed by atoms with van der Waals surface area (Å²) in [7, 11) is 0. The lowest BCUT2D eigenvalue weighted by atomic mass is 10.1. The maximum Gasteiger partial charge on any atom is 0.119 e. The molecule has 0 unspecified atom stereocenters. The third kappa shape index (κ3) is 6.82. The van der Waals surface area contributed by atoms with Crippen LogP contribution in [-0.2, 0) is 11.3 Å². The summed E-state index contributed by atoms with van der Waals surface area (Å²) in [6, 6.07) is 15.7. The highest BCUT2D eigenvalue weighted by molar-refractivity contribution is 6.30. The molecule has 1 saturated heterocycles. The second-order valence-electron chi connectivity index (χ2n) is 7.24. The second kappa shape index (κ2) is 10.1. The van der Waals surface area contributed by atoms with Crippen LogP contribution in [0.25, 0.3) is 0 Å². The standard InChI is InChI=1S/C22H28ClNO3/c1-17-4-2-5-18(12-17)13-24(15-22-6-3-11-26-22)14-20(25)16-27-21-9-7-19(23)8-10-21/h2,4-5,7-10,12,20,22,25H,3,6,11,13-16H2,1H3/t20-,22+/m0/s1. The van der Waals surface area contributed by atoms with Gasteiger partial charge in [-0.15, -0.1) is 0 Å². The van der Waals surface area contributed by atoms with Crippen molar-refractivity contribution >= 4 is 11.6 Å². The van der Waals surface area contributed by atoms with Crippen molar-refractivity contribution < 1.29 is 14.6 Å². The summed E-state index contributed by atoms with van der Waals surface area (Å²) in [5.41, 5.74) is 2.50. The maximum absolute atomic E-state index is 10.5. The molecular weight excluding hydrogens is 362 g/mol. The Labute approximate surface area is 166 Å². The molecule has 1 heterocycles. The molecule has 0 aliphatic carbocycles. The first-order valence-electron chi connectivity index (χ1n) is 9.54.